The lowest BCUT2D eigenvalue weighted by Gasteiger charge is -2.61. The average Bonchev–Trinajstić information content (AvgIpc) is 3.04. The number of carbonyl (C=O) groups is 1. The molecule has 3 unspecified atom stereocenters. The van der Waals surface area contributed by atoms with Crippen LogP contribution in [0.2, 0.25) is 0 Å². The van der Waals surface area contributed by atoms with Gasteiger partial charge in [-0.05, 0) is 111 Å². The molecule has 29 heavy (non-hydrogen) atoms. The van der Waals surface area contributed by atoms with Crippen LogP contribution in [-0.2, 0) is 9.53 Å². The Kier molecular flexibility index (Phi) is 5.69. The zero-order valence-corrected chi connectivity index (χ0v) is 18.7. The second-order valence-corrected chi connectivity index (χ2v) is 11.4. The van der Waals surface area contributed by atoms with Crippen molar-refractivity contribution in [3.05, 3.63) is 0 Å². The molecule has 4 aliphatic rings. The topological polar surface area (TPSA) is 46.5 Å². The van der Waals surface area contributed by atoms with Crippen molar-refractivity contribution in [1.82, 2.24) is 0 Å². The van der Waals surface area contributed by atoms with E-state index in [4.69, 9.17) is 16.3 Å². The summed E-state index contributed by atoms with van der Waals surface area (Å²) in [5.74, 6) is 3.94. The molecule has 162 valence electrons. The van der Waals surface area contributed by atoms with Gasteiger partial charge in [0.15, 0.2) is 0 Å². The number of hydrogen-bond acceptors (Lipinski definition) is 2. The van der Waals surface area contributed by atoms with Gasteiger partial charge in [0.25, 0.3) is 0 Å². The van der Waals surface area contributed by atoms with E-state index in [1.807, 2.05) is 0 Å². The molecule has 0 heterocycles. The summed E-state index contributed by atoms with van der Waals surface area (Å²) < 4.78 is 5.56. The van der Waals surface area contributed by atoms with Crippen LogP contribution in [0.25, 0.3) is 0 Å². The Morgan fingerprint density at radius 2 is 1.83 bits per heavy atom. The van der Waals surface area contributed by atoms with Crippen LogP contribution in [0.5, 0.6) is 0 Å². The highest BCUT2D eigenvalue weighted by atomic mass is 16.5. The van der Waals surface area contributed by atoms with Crippen molar-refractivity contribution in [1.29, 1.82) is 0 Å². The number of rotatable bonds is 5. The zero-order chi connectivity index (χ0) is 20.8. The van der Waals surface area contributed by atoms with E-state index in [1.54, 1.807) is 0 Å². The molecule has 0 spiro atoms. The van der Waals surface area contributed by atoms with Gasteiger partial charge in [0, 0.05) is 6.42 Å². The van der Waals surface area contributed by atoms with Crippen molar-refractivity contribution in [3.8, 4) is 12.5 Å². The van der Waals surface area contributed by atoms with Crippen molar-refractivity contribution in [2.24, 2.45) is 46.3 Å². The van der Waals surface area contributed by atoms with Crippen LogP contribution < -0.4 is 0 Å². The minimum atomic E-state index is -0.643. The summed E-state index contributed by atoms with van der Waals surface area (Å²) in [5.41, 5.74) is 0.887. The van der Waals surface area contributed by atoms with Crippen LogP contribution in [0.3, 0.4) is 0 Å². The maximum absolute atomic E-state index is 11.1. The van der Waals surface area contributed by atoms with Crippen LogP contribution in [0.15, 0.2) is 0 Å². The first-order chi connectivity index (χ1) is 13.8. The van der Waals surface area contributed by atoms with Crippen molar-refractivity contribution in [2.45, 2.75) is 97.5 Å². The summed E-state index contributed by atoms with van der Waals surface area (Å²) >= 11 is 0. The molecule has 0 bridgehead atoms. The Balaban J connectivity index is 1.48. The molecule has 4 aliphatic carbocycles. The summed E-state index contributed by atoms with van der Waals surface area (Å²) in [5, 5.41) is 9.13. The summed E-state index contributed by atoms with van der Waals surface area (Å²) in [6.45, 7) is 7.47. The predicted molar refractivity (Wildman–Crippen MR) is 115 cm³/mol. The Bertz CT molecular complexity index is 665. The van der Waals surface area contributed by atoms with Gasteiger partial charge in [-0.3, -0.25) is 4.79 Å². The lowest BCUT2D eigenvalue weighted by atomic mass is 9.44. The highest BCUT2D eigenvalue weighted by Crippen LogP contribution is 2.68. The van der Waals surface area contributed by atoms with Crippen molar-refractivity contribution < 1.29 is 14.6 Å². The third-order valence-corrected chi connectivity index (χ3v) is 10.4. The molecule has 4 rings (SSSR count). The van der Waals surface area contributed by atoms with E-state index >= 15 is 0 Å². The molecule has 1 N–H and O–H groups in total. The molecular weight excluding hydrogens is 360 g/mol. The summed E-state index contributed by atoms with van der Waals surface area (Å²) in [6, 6.07) is 0. The Morgan fingerprint density at radius 1 is 1.10 bits per heavy atom. The second kappa shape index (κ2) is 7.82. The molecule has 0 saturated heterocycles. The van der Waals surface area contributed by atoms with E-state index in [0.717, 1.165) is 42.9 Å². The smallest absolute Gasteiger partial charge is 0.303 e. The van der Waals surface area contributed by atoms with Gasteiger partial charge in [-0.1, -0.05) is 27.2 Å². The van der Waals surface area contributed by atoms with Gasteiger partial charge in [0.05, 0.1) is 0 Å². The van der Waals surface area contributed by atoms with E-state index in [9.17, 15) is 4.79 Å². The highest BCUT2D eigenvalue weighted by Gasteiger charge is 2.60. The molecule has 4 fully saturated rings. The lowest BCUT2D eigenvalue weighted by molar-refractivity contribution is -0.138. The van der Waals surface area contributed by atoms with Gasteiger partial charge < -0.3 is 9.84 Å². The first-order valence-corrected chi connectivity index (χ1v) is 12.1. The number of ether oxygens (including phenoxy) is 1. The molecule has 3 heteroatoms. The quantitative estimate of drug-likeness (QED) is 0.565. The predicted octanol–water partition coefficient (Wildman–Crippen LogP) is 6.12. The zero-order valence-electron chi connectivity index (χ0n) is 18.7. The number of terminal acetylenes is 1. The van der Waals surface area contributed by atoms with Gasteiger partial charge in [-0.25, -0.2) is 0 Å². The normalized spacial score (nSPS) is 47.2. The van der Waals surface area contributed by atoms with Gasteiger partial charge in [-0.15, -0.1) is 0 Å². The number of aliphatic carboxylic acids is 1. The van der Waals surface area contributed by atoms with Crippen LogP contribution in [0.4, 0.5) is 0 Å². The van der Waals surface area contributed by atoms with Crippen LogP contribution in [0, 0.1) is 58.9 Å². The van der Waals surface area contributed by atoms with Gasteiger partial charge in [-0.2, -0.15) is 0 Å². The molecule has 0 aromatic rings. The minimum absolute atomic E-state index is 0.273. The van der Waals surface area contributed by atoms with Gasteiger partial charge >= 0.3 is 5.97 Å². The standard InChI is InChI=1S/C26H40O3/c1-5-29-19-12-14-25(3)18(16-19)7-8-20-22-10-9-21(17(2)6-11-24(27)28)26(22,4)15-13-23(20)25/h1,17-23H,6-16H2,2-4H3,(H,27,28)/t17-,18+,19+,20?,21-,22?,23?,25-,26+/m0/s1. The number of carboxylic acids is 1. The molecule has 4 saturated carbocycles. The maximum atomic E-state index is 11.1. The number of fused-ring (bicyclic) bond motifs is 5. The first kappa shape index (κ1) is 21.1. The van der Waals surface area contributed by atoms with Crippen molar-refractivity contribution in [2.75, 3.05) is 0 Å². The SMILES string of the molecule is C#CO[C@@H]1CC[C@]2(C)C3CC[C@@]4(C)C(CC[C@H]4[C@@H](C)CCC(=O)O)C3CC[C@@H]2C1. The molecule has 0 amide bonds. The fourth-order valence-electron chi connectivity index (χ4n) is 8.95. The van der Waals surface area contributed by atoms with Crippen molar-refractivity contribution in [3.63, 3.8) is 0 Å². The summed E-state index contributed by atoms with van der Waals surface area (Å²) in [4.78, 5) is 11.1. The van der Waals surface area contributed by atoms with E-state index in [0.29, 0.717) is 29.1 Å². The third-order valence-electron chi connectivity index (χ3n) is 10.4. The van der Waals surface area contributed by atoms with Gasteiger partial charge in [0.1, 0.15) is 12.2 Å². The Morgan fingerprint density at radius 3 is 2.55 bits per heavy atom. The molecule has 0 aromatic carbocycles. The Labute approximate surface area is 177 Å². The molecule has 0 aliphatic heterocycles. The van der Waals surface area contributed by atoms with Crippen LogP contribution in [0.1, 0.15) is 91.4 Å². The fourth-order valence-corrected chi connectivity index (χ4v) is 8.95. The largest absolute Gasteiger partial charge is 0.481 e. The molecule has 3 nitrogen and oxygen atoms in total. The van der Waals surface area contributed by atoms with E-state index in [1.165, 1.54) is 44.9 Å². The van der Waals surface area contributed by atoms with Gasteiger partial charge in [0.2, 0.25) is 0 Å². The molecule has 0 radical (unpaired) electrons. The number of carboxylic acid groups (broad SMARTS) is 1. The molecule has 0 aromatic heterocycles. The van der Waals surface area contributed by atoms with Crippen molar-refractivity contribution >= 4 is 5.97 Å². The third kappa shape index (κ3) is 3.49. The first-order valence-electron chi connectivity index (χ1n) is 12.1. The van der Waals surface area contributed by atoms with E-state index < -0.39 is 5.97 Å². The number of hydrogen-bond donors (Lipinski definition) is 1. The summed E-state index contributed by atoms with van der Waals surface area (Å²) in [7, 11) is 0. The average molecular weight is 401 g/mol. The minimum Gasteiger partial charge on any atom is -0.481 e. The monoisotopic (exact) mass is 400 g/mol. The second-order valence-electron chi connectivity index (χ2n) is 11.4. The summed E-state index contributed by atoms with van der Waals surface area (Å²) in [6.07, 6.45) is 20.9. The molecular formula is C26H40O3. The van der Waals surface area contributed by atoms with Crippen LogP contribution >= 0.6 is 0 Å². The lowest BCUT2D eigenvalue weighted by Crippen LogP contribution is -2.54. The van der Waals surface area contributed by atoms with E-state index in [-0.39, 0.29) is 6.10 Å². The highest BCUT2D eigenvalue weighted by molar-refractivity contribution is 5.66. The Hall–Kier alpha value is -1.17. The maximum Gasteiger partial charge on any atom is 0.303 e. The van der Waals surface area contributed by atoms with E-state index in [2.05, 4.69) is 26.9 Å². The van der Waals surface area contributed by atoms with Crippen LogP contribution in [-0.4, -0.2) is 17.2 Å². The molecule has 9 atom stereocenters. The fraction of sp³-hybridized carbons (Fsp3) is 0.885.